The molecule has 154 valence electrons. The number of thioether (sulfide) groups is 1. The molecule has 0 saturated carbocycles. The number of thiophene rings is 1. The van der Waals surface area contributed by atoms with E-state index in [-0.39, 0.29) is 11.5 Å². The van der Waals surface area contributed by atoms with Crippen LogP contribution in [0.2, 0.25) is 0 Å². The van der Waals surface area contributed by atoms with Crippen LogP contribution in [0, 0.1) is 0 Å². The third-order valence-electron chi connectivity index (χ3n) is 5.11. The van der Waals surface area contributed by atoms with Crippen molar-refractivity contribution in [3.8, 4) is 0 Å². The highest BCUT2D eigenvalue weighted by Crippen LogP contribution is 2.34. The van der Waals surface area contributed by atoms with Gasteiger partial charge in [-0.05, 0) is 52.5 Å². The minimum Gasteiger partial charge on any atom is -0.354 e. The Morgan fingerprint density at radius 3 is 2.75 bits per heavy atom. The van der Waals surface area contributed by atoms with Crippen LogP contribution in [0.5, 0.6) is 0 Å². The van der Waals surface area contributed by atoms with Gasteiger partial charge in [-0.1, -0.05) is 0 Å². The number of fused-ring (bicyclic) bond motifs is 3. The molecule has 2 heterocycles. The van der Waals surface area contributed by atoms with E-state index < -0.39 is 0 Å². The first-order valence-corrected chi connectivity index (χ1v) is 12.0. The van der Waals surface area contributed by atoms with E-state index in [9.17, 15) is 9.59 Å². The number of aromatic nitrogens is 2. The average Bonchev–Trinajstić information content (AvgIpc) is 3.18. The number of carbonyl (C=O) groups excluding carboxylic acids is 1. The molecule has 0 atom stereocenters. The summed E-state index contributed by atoms with van der Waals surface area (Å²) in [6.07, 6.45) is 3.18. The second kappa shape index (κ2) is 9.41. The van der Waals surface area contributed by atoms with Crippen LogP contribution in [0.15, 0.2) is 4.79 Å². The van der Waals surface area contributed by atoms with Gasteiger partial charge in [-0.3, -0.25) is 14.5 Å². The third kappa shape index (κ3) is 4.96. The summed E-state index contributed by atoms with van der Waals surface area (Å²) in [4.78, 5) is 36.6. The van der Waals surface area contributed by atoms with Crippen LogP contribution in [-0.2, 0) is 23.4 Å². The van der Waals surface area contributed by atoms with Crippen molar-refractivity contribution in [1.82, 2.24) is 20.2 Å². The number of carbonyl (C=O) groups is 1. The molecular weight excluding hydrogens is 392 g/mol. The van der Waals surface area contributed by atoms with Crippen molar-refractivity contribution >= 4 is 39.2 Å². The summed E-state index contributed by atoms with van der Waals surface area (Å²) in [5, 5.41) is 3.77. The van der Waals surface area contributed by atoms with Gasteiger partial charge in [0.25, 0.3) is 5.56 Å². The summed E-state index contributed by atoms with van der Waals surface area (Å²) in [5.74, 6) is 1.58. The van der Waals surface area contributed by atoms with Gasteiger partial charge >= 0.3 is 0 Å². The van der Waals surface area contributed by atoms with Gasteiger partial charge in [0.05, 0.1) is 16.9 Å². The highest BCUT2D eigenvalue weighted by molar-refractivity contribution is 7.99. The number of nitrogens with zero attached hydrogens (tertiary/aromatic N) is 2. The van der Waals surface area contributed by atoms with Crippen molar-refractivity contribution in [2.45, 2.75) is 64.8 Å². The van der Waals surface area contributed by atoms with Crippen LogP contribution in [0.3, 0.4) is 0 Å². The van der Waals surface area contributed by atoms with Gasteiger partial charge in [0.1, 0.15) is 10.7 Å². The van der Waals surface area contributed by atoms with Crippen molar-refractivity contribution in [3.05, 3.63) is 26.6 Å². The summed E-state index contributed by atoms with van der Waals surface area (Å²) in [6, 6.07) is 0.922. The predicted molar refractivity (Wildman–Crippen MR) is 118 cm³/mol. The lowest BCUT2D eigenvalue weighted by Crippen LogP contribution is -2.42. The Kier molecular flexibility index (Phi) is 7.17. The molecule has 0 saturated heterocycles. The molecule has 2 N–H and O–H groups in total. The Bertz CT molecular complexity index is 880. The van der Waals surface area contributed by atoms with Gasteiger partial charge in [-0.25, -0.2) is 4.98 Å². The molecule has 8 heteroatoms. The lowest BCUT2D eigenvalue weighted by molar-refractivity contribution is -0.118. The molecule has 0 fully saturated rings. The van der Waals surface area contributed by atoms with E-state index in [1.54, 1.807) is 11.3 Å². The summed E-state index contributed by atoms with van der Waals surface area (Å²) in [6.45, 7) is 10.2. The van der Waals surface area contributed by atoms with Crippen molar-refractivity contribution < 1.29 is 4.79 Å². The average molecular weight is 423 g/mol. The van der Waals surface area contributed by atoms with Crippen molar-refractivity contribution in [2.24, 2.45) is 0 Å². The molecule has 1 amide bonds. The van der Waals surface area contributed by atoms with Crippen LogP contribution in [-0.4, -0.2) is 51.7 Å². The topological polar surface area (TPSA) is 78.1 Å². The molecule has 1 aliphatic carbocycles. The van der Waals surface area contributed by atoms with E-state index in [2.05, 4.69) is 47.9 Å². The molecule has 0 aromatic carbocycles. The molecule has 2 aromatic heterocycles. The van der Waals surface area contributed by atoms with Gasteiger partial charge in [-0.15, -0.1) is 23.1 Å². The first-order valence-electron chi connectivity index (χ1n) is 10.0. The fourth-order valence-corrected chi connectivity index (χ4v) is 5.84. The van der Waals surface area contributed by atoms with Gasteiger partial charge in [0.15, 0.2) is 0 Å². The molecular formula is C20H30N4O2S2. The van der Waals surface area contributed by atoms with E-state index in [1.165, 1.54) is 22.2 Å². The number of hydrogen-bond donors (Lipinski definition) is 2. The highest BCUT2D eigenvalue weighted by Gasteiger charge is 2.21. The van der Waals surface area contributed by atoms with Gasteiger partial charge in [-0.2, -0.15) is 0 Å². The van der Waals surface area contributed by atoms with Crippen LogP contribution in [0.1, 0.15) is 50.4 Å². The van der Waals surface area contributed by atoms with Crippen LogP contribution in [0.25, 0.3) is 10.2 Å². The van der Waals surface area contributed by atoms with Crippen molar-refractivity contribution in [2.75, 3.05) is 18.8 Å². The molecule has 0 radical (unpaired) electrons. The van der Waals surface area contributed by atoms with E-state index in [4.69, 9.17) is 0 Å². The molecule has 2 aromatic rings. The summed E-state index contributed by atoms with van der Waals surface area (Å²) in [7, 11) is 0. The van der Waals surface area contributed by atoms with Gasteiger partial charge in [0, 0.05) is 30.1 Å². The fourth-order valence-electron chi connectivity index (χ4n) is 3.84. The number of H-pyrrole nitrogens is 1. The summed E-state index contributed by atoms with van der Waals surface area (Å²) >= 11 is 3.13. The van der Waals surface area contributed by atoms with E-state index >= 15 is 0 Å². The lowest BCUT2D eigenvalue weighted by atomic mass is 10.2. The smallest absolute Gasteiger partial charge is 0.259 e. The maximum Gasteiger partial charge on any atom is 0.259 e. The zero-order chi connectivity index (χ0) is 20.3. The Balaban J connectivity index is 1.47. The summed E-state index contributed by atoms with van der Waals surface area (Å²) < 4.78 is 0. The first kappa shape index (κ1) is 21.3. The third-order valence-corrected chi connectivity index (χ3v) is 7.24. The molecule has 28 heavy (non-hydrogen) atoms. The lowest BCUT2D eigenvalue weighted by Gasteiger charge is -2.30. The zero-order valence-electron chi connectivity index (χ0n) is 17.1. The molecule has 0 aliphatic heterocycles. The molecule has 3 rings (SSSR count). The van der Waals surface area contributed by atoms with Gasteiger partial charge in [0.2, 0.25) is 5.91 Å². The van der Waals surface area contributed by atoms with Crippen molar-refractivity contribution in [3.63, 3.8) is 0 Å². The minimum absolute atomic E-state index is 0.0241. The van der Waals surface area contributed by atoms with Crippen LogP contribution >= 0.6 is 23.1 Å². The van der Waals surface area contributed by atoms with Gasteiger partial charge < -0.3 is 10.3 Å². The van der Waals surface area contributed by atoms with Crippen LogP contribution < -0.4 is 10.9 Å². The summed E-state index contributed by atoms with van der Waals surface area (Å²) in [5.41, 5.74) is 1.16. The van der Waals surface area contributed by atoms with E-state index in [1.807, 2.05) is 0 Å². The second-order valence-electron chi connectivity index (χ2n) is 7.82. The quantitative estimate of drug-likeness (QED) is 0.650. The maximum atomic E-state index is 12.5. The largest absolute Gasteiger partial charge is 0.354 e. The zero-order valence-corrected chi connectivity index (χ0v) is 18.8. The van der Waals surface area contributed by atoms with E-state index in [0.29, 0.717) is 36.0 Å². The Morgan fingerprint density at radius 1 is 1.29 bits per heavy atom. The molecule has 0 unspecified atom stereocenters. The number of amides is 1. The number of nitrogens with one attached hydrogen (secondary N) is 2. The maximum absolute atomic E-state index is 12.5. The monoisotopic (exact) mass is 422 g/mol. The second-order valence-corrected chi connectivity index (χ2v) is 9.89. The number of aromatic amines is 1. The Labute approximate surface area is 174 Å². The van der Waals surface area contributed by atoms with E-state index in [0.717, 1.165) is 36.0 Å². The Morgan fingerprint density at radius 2 is 2.04 bits per heavy atom. The number of rotatable bonds is 9. The Hall–Kier alpha value is -1.38. The minimum atomic E-state index is -0.0353. The normalized spacial score (nSPS) is 13.8. The predicted octanol–water partition coefficient (Wildman–Crippen LogP) is 2.94. The number of aryl methyl sites for hydroxylation is 2. The SMILES string of the molecule is CC(C)N(CCNC(=O)CSCc1nc2sc3c(c2c(=O)[nH]1)CCC3)C(C)C. The number of hydrogen-bond acceptors (Lipinski definition) is 6. The molecule has 1 aliphatic rings. The molecule has 0 bridgehead atoms. The standard InChI is InChI=1S/C20H30N4O2S2/c1-12(2)24(13(3)4)9-8-21-17(25)11-27-10-16-22-19(26)18-14-6-5-7-15(14)28-20(18)23-16/h12-13H,5-11H2,1-4H3,(H,21,25)(H,22,23,26). The first-order chi connectivity index (χ1) is 13.4. The highest BCUT2D eigenvalue weighted by atomic mass is 32.2. The van der Waals surface area contributed by atoms with Crippen LogP contribution in [0.4, 0.5) is 0 Å². The molecule has 6 nitrogen and oxygen atoms in total. The fraction of sp³-hybridized carbons (Fsp3) is 0.650. The van der Waals surface area contributed by atoms with Crippen molar-refractivity contribution in [1.29, 1.82) is 0 Å². The molecule has 0 spiro atoms.